The highest BCUT2D eigenvalue weighted by molar-refractivity contribution is 7.45. The Hall–Kier alpha value is -1.28. The summed E-state index contributed by atoms with van der Waals surface area (Å²) in [6, 6.07) is 9.43. The van der Waals surface area contributed by atoms with Gasteiger partial charge in [-0.05, 0) is 31.2 Å². The van der Waals surface area contributed by atoms with Crippen LogP contribution in [0.5, 0.6) is 0 Å². The van der Waals surface area contributed by atoms with Crippen molar-refractivity contribution < 1.29 is 33.9 Å². The molecule has 1 aromatic rings. The van der Waals surface area contributed by atoms with Gasteiger partial charge in [-0.3, -0.25) is 0 Å². The molecular weight excluding hydrogens is 409 g/mol. The maximum Gasteiger partial charge on any atom is 0.466 e. The van der Waals surface area contributed by atoms with Crippen molar-refractivity contribution in [3.8, 4) is 0 Å². The van der Waals surface area contributed by atoms with Gasteiger partial charge in [0.2, 0.25) is 0 Å². The first kappa shape index (κ1) is 23.4. The number of carbonyl (C=O) groups is 1. The van der Waals surface area contributed by atoms with Gasteiger partial charge in [0.05, 0.1) is 0 Å². The Bertz CT molecular complexity index is 719. The standard InChI is InChI=1S/C21H29NO3.H3O4P/c23-20(25-19-15-7-6-8-16(19)14-22-13-15)21(24,18-11-4-5-12-18)17-9-2-1-3-10-17;1-5(2,3)4/h1-3,9-10,15-16,18-19,22,24H,4-8,11-14H2;(H3,1,2,3,4)/t15?,16?,19?,21-;/m0./s1. The number of rotatable bonds is 4. The van der Waals surface area contributed by atoms with Gasteiger partial charge in [0.25, 0.3) is 0 Å². The van der Waals surface area contributed by atoms with Crippen LogP contribution in [0.1, 0.15) is 50.5 Å². The maximum atomic E-state index is 13.3. The second-order valence-corrected chi connectivity index (χ2v) is 9.63. The van der Waals surface area contributed by atoms with Crippen LogP contribution in [0.15, 0.2) is 30.3 Å². The summed E-state index contributed by atoms with van der Waals surface area (Å²) in [6.45, 7) is 1.84. The van der Waals surface area contributed by atoms with Gasteiger partial charge in [0.15, 0.2) is 5.60 Å². The van der Waals surface area contributed by atoms with E-state index < -0.39 is 19.4 Å². The van der Waals surface area contributed by atoms with Crippen molar-refractivity contribution in [2.24, 2.45) is 17.8 Å². The molecule has 3 fully saturated rings. The van der Waals surface area contributed by atoms with Crippen molar-refractivity contribution in [1.82, 2.24) is 5.32 Å². The zero-order chi connectivity index (χ0) is 21.8. The number of hydrogen-bond donors (Lipinski definition) is 5. The molecule has 4 rings (SSSR count). The number of fused-ring (bicyclic) bond motifs is 2. The van der Waals surface area contributed by atoms with Crippen molar-refractivity contribution in [2.45, 2.75) is 56.7 Å². The quantitative estimate of drug-likeness (QED) is 0.354. The number of hydrogen-bond acceptors (Lipinski definition) is 5. The maximum absolute atomic E-state index is 13.3. The zero-order valence-corrected chi connectivity index (χ0v) is 17.9. The van der Waals surface area contributed by atoms with Crippen LogP contribution in [0, 0.1) is 17.8 Å². The van der Waals surface area contributed by atoms with Crippen molar-refractivity contribution in [3.05, 3.63) is 35.9 Å². The predicted octanol–water partition coefficient (Wildman–Crippen LogP) is 2.07. The fourth-order valence-corrected chi connectivity index (χ4v) is 5.21. The lowest BCUT2D eigenvalue weighted by Gasteiger charge is -2.43. The number of nitrogens with one attached hydrogen (secondary N) is 1. The molecule has 0 spiro atoms. The van der Waals surface area contributed by atoms with Gasteiger partial charge < -0.3 is 29.8 Å². The third-order valence-electron chi connectivity index (χ3n) is 6.61. The van der Waals surface area contributed by atoms with E-state index in [0.717, 1.165) is 51.6 Å². The highest BCUT2D eigenvalue weighted by Gasteiger charge is 2.50. The molecule has 9 heteroatoms. The Morgan fingerprint density at radius 1 is 0.967 bits per heavy atom. The number of esters is 1. The molecule has 8 nitrogen and oxygen atoms in total. The number of aliphatic hydroxyl groups is 1. The van der Waals surface area contributed by atoms with Crippen LogP contribution in [0.4, 0.5) is 0 Å². The molecule has 3 aliphatic rings. The zero-order valence-electron chi connectivity index (χ0n) is 17.0. The summed E-state index contributed by atoms with van der Waals surface area (Å²) in [4.78, 5) is 34.8. The summed E-state index contributed by atoms with van der Waals surface area (Å²) in [5.74, 6) is 0.318. The van der Waals surface area contributed by atoms with Crippen molar-refractivity contribution >= 4 is 13.8 Å². The molecule has 1 heterocycles. The van der Waals surface area contributed by atoms with E-state index >= 15 is 0 Å². The molecule has 3 atom stereocenters. The molecule has 1 aliphatic heterocycles. The summed E-state index contributed by atoms with van der Waals surface area (Å²) in [5, 5.41) is 15.0. The smallest absolute Gasteiger partial charge is 0.459 e. The minimum absolute atomic E-state index is 0.0380. The van der Waals surface area contributed by atoms with Crippen LogP contribution < -0.4 is 5.32 Å². The Morgan fingerprint density at radius 2 is 1.50 bits per heavy atom. The number of benzene rings is 1. The average Bonchev–Trinajstić information content (AvgIpc) is 3.22. The van der Waals surface area contributed by atoms with E-state index in [2.05, 4.69) is 5.32 Å². The molecule has 2 bridgehead atoms. The largest absolute Gasteiger partial charge is 0.466 e. The monoisotopic (exact) mass is 441 g/mol. The van der Waals surface area contributed by atoms with E-state index in [4.69, 9.17) is 24.0 Å². The van der Waals surface area contributed by atoms with E-state index in [0.29, 0.717) is 17.4 Å². The van der Waals surface area contributed by atoms with Crippen LogP contribution in [-0.4, -0.2) is 44.9 Å². The molecule has 2 unspecified atom stereocenters. The Balaban J connectivity index is 0.000000461. The van der Waals surface area contributed by atoms with Crippen molar-refractivity contribution in [3.63, 3.8) is 0 Å². The third-order valence-corrected chi connectivity index (χ3v) is 6.61. The average molecular weight is 441 g/mol. The number of phosphoric acid groups is 1. The van der Waals surface area contributed by atoms with Crippen molar-refractivity contribution in [2.75, 3.05) is 13.1 Å². The molecule has 2 saturated carbocycles. The molecule has 1 saturated heterocycles. The normalized spacial score (nSPS) is 28.7. The minimum Gasteiger partial charge on any atom is -0.459 e. The van der Waals surface area contributed by atoms with E-state index in [1.165, 1.54) is 6.42 Å². The molecule has 0 aromatic heterocycles. The SMILES string of the molecule is O=C(OC1C2CCCC1CNC2)[C@](O)(c1ccccc1)C1CCCC1.O=P(O)(O)O. The van der Waals surface area contributed by atoms with E-state index in [1.807, 2.05) is 30.3 Å². The first-order chi connectivity index (χ1) is 14.2. The van der Waals surface area contributed by atoms with Crippen LogP contribution in [0.25, 0.3) is 0 Å². The lowest BCUT2D eigenvalue weighted by Crippen LogP contribution is -2.54. The molecular formula is C21H32NO7P. The van der Waals surface area contributed by atoms with E-state index in [1.54, 1.807) is 0 Å². The number of piperidine rings is 1. The second kappa shape index (κ2) is 9.90. The van der Waals surface area contributed by atoms with Crippen molar-refractivity contribution in [1.29, 1.82) is 0 Å². The predicted molar refractivity (Wildman–Crippen MR) is 110 cm³/mol. The fourth-order valence-electron chi connectivity index (χ4n) is 5.21. The summed E-state index contributed by atoms with van der Waals surface area (Å²) in [7, 11) is -4.64. The van der Waals surface area contributed by atoms with Crippen LogP contribution in [-0.2, 0) is 19.7 Å². The van der Waals surface area contributed by atoms with Gasteiger partial charge in [-0.2, -0.15) is 0 Å². The third kappa shape index (κ3) is 5.69. The minimum atomic E-state index is -4.64. The first-order valence-corrected chi connectivity index (χ1v) is 12.2. The van der Waals surface area contributed by atoms with Crippen LogP contribution in [0.3, 0.4) is 0 Å². The lowest BCUT2D eigenvalue weighted by molar-refractivity contribution is -0.188. The van der Waals surface area contributed by atoms with E-state index in [-0.39, 0.29) is 12.0 Å². The van der Waals surface area contributed by atoms with Crippen LogP contribution >= 0.6 is 7.82 Å². The van der Waals surface area contributed by atoms with Gasteiger partial charge >= 0.3 is 13.8 Å². The number of ether oxygens (including phenoxy) is 1. The highest BCUT2D eigenvalue weighted by atomic mass is 31.2. The Kier molecular flexibility index (Phi) is 7.71. The topological polar surface area (TPSA) is 136 Å². The lowest BCUT2D eigenvalue weighted by atomic mass is 9.75. The van der Waals surface area contributed by atoms with Gasteiger partial charge in [-0.25, -0.2) is 9.36 Å². The molecule has 0 amide bonds. The molecule has 5 N–H and O–H groups in total. The van der Waals surface area contributed by atoms with Crippen LogP contribution in [0.2, 0.25) is 0 Å². The second-order valence-electron chi connectivity index (χ2n) is 8.61. The number of carbonyl (C=O) groups excluding carboxylic acids is 1. The molecule has 0 radical (unpaired) electrons. The van der Waals surface area contributed by atoms with Gasteiger partial charge in [0.1, 0.15) is 6.10 Å². The molecule has 30 heavy (non-hydrogen) atoms. The summed E-state index contributed by atoms with van der Waals surface area (Å²) >= 11 is 0. The van der Waals surface area contributed by atoms with Gasteiger partial charge in [-0.1, -0.05) is 49.6 Å². The molecule has 2 aliphatic carbocycles. The fraction of sp³-hybridized carbons (Fsp3) is 0.667. The van der Waals surface area contributed by atoms with Gasteiger partial charge in [-0.15, -0.1) is 0 Å². The summed E-state index contributed by atoms with van der Waals surface area (Å²) < 4.78 is 14.9. The summed E-state index contributed by atoms with van der Waals surface area (Å²) in [6.07, 6.45) is 7.32. The Morgan fingerprint density at radius 3 is 2.03 bits per heavy atom. The van der Waals surface area contributed by atoms with E-state index in [9.17, 15) is 9.90 Å². The first-order valence-electron chi connectivity index (χ1n) is 10.7. The Labute approximate surface area is 176 Å². The highest BCUT2D eigenvalue weighted by Crippen LogP contribution is 2.43. The molecule has 1 aromatic carbocycles. The molecule has 168 valence electrons. The summed E-state index contributed by atoms with van der Waals surface area (Å²) in [5.41, 5.74) is -0.817. The van der Waals surface area contributed by atoms with Gasteiger partial charge in [0, 0.05) is 30.8 Å².